The van der Waals surface area contributed by atoms with E-state index in [0.29, 0.717) is 11.9 Å². The van der Waals surface area contributed by atoms with Crippen LogP contribution in [0.15, 0.2) is 11.1 Å². The second-order valence-corrected chi connectivity index (χ2v) is 6.70. The van der Waals surface area contributed by atoms with Gasteiger partial charge in [-0.2, -0.15) is 10.1 Å². The molecule has 1 fully saturated rings. The van der Waals surface area contributed by atoms with E-state index >= 15 is 0 Å². The lowest BCUT2D eigenvalue weighted by molar-refractivity contribution is 0.158. The fraction of sp³-hybridized carbons (Fsp3) is 0.733. The minimum atomic E-state index is 0.0299. The Morgan fingerprint density at radius 3 is 2.90 bits per heavy atom. The minimum Gasteiger partial charge on any atom is -0.383 e. The van der Waals surface area contributed by atoms with Gasteiger partial charge in [0, 0.05) is 43.9 Å². The van der Waals surface area contributed by atoms with Gasteiger partial charge >= 0.3 is 0 Å². The van der Waals surface area contributed by atoms with Gasteiger partial charge in [-0.3, -0.25) is 9.58 Å². The normalized spacial score (nSPS) is 19.7. The Morgan fingerprint density at radius 2 is 2.29 bits per heavy atom. The predicted octanol–water partition coefficient (Wildman–Crippen LogP) is 2.81. The van der Waals surface area contributed by atoms with E-state index in [1.54, 1.807) is 7.11 Å². The van der Waals surface area contributed by atoms with Crippen LogP contribution in [0.3, 0.4) is 0 Å². The Bertz CT molecular complexity index is 528. The molecule has 0 unspecified atom stereocenters. The molecule has 1 aromatic rings. The van der Waals surface area contributed by atoms with Gasteiger partial charge in [0.2, 0.25) is 0 Å². The number of methoxy groups -OCH3 is 1. The van der Waals surface area contributed by atoms with Gasteiger partial charge in [0.05, 0.1) is 17.8 Å². The molecule has 0 bridgehead atoms. The van der Waals surface area contributed by atoms with Gasteiger partial charge in [-0.15, -0.1) is 0 Å². The number of likely N-dealkylation sites (tertiary alicyclic amines) is 1. The van der Waals surface area contributed by atoms with Crippen molar-refractivity contribution in [1.29, 1.82) is 0 Å². The second-order valence-electron chi connectivity index (χ2n) is 6.52. The molecule has 1 aliphatic heterocycles. The number of isothiocyanates is 1. The van der Waals surface area contributed by atoms with Crippen molar-refractivity contribution < 1.29 is 4.74 Å². The first-order valence-electron chi connectivity index (χ1n) is 7.35. The monoisotopic (exact) mass is 308 g/mol. The van der Waals surface area contributed by atoms with Crippen LogP contribution in [0.4, 0.5) is 5.82 Å². The summed E-state index contributed by atoms with van der Waals surface area (Å²) in [5, 5.41) is 7.03. The summed E-state index contributed by atoms with van der Waals surface area (Å²) in [5.74, 6) is 0.658. The zero-order valence-corrected chi connectivity index (χ0v) is 14.1. The molecular formula is C15H24N4OS. The number of thiocarbonyl (C=S) groups is 1. The molecule has 0 aromatic carbocycles. The topological polar surface area (TPSA) is 42.6 Å². The number of hydrogen-bond donors (Lipinski definition) is 0. The summed E-state index contributed by atoms with van der Waals surface area (Å²) in [6, 6.07) is 2.42. The van der Waals surface area contributed by atoms with Crippen molar-refractivity contribution in [1.82, 2.24) is 14.7 Å². The van der Waals surface area contributed by atoms with Gasteiger partial charge in [0.25, 0.3) is 0 Å². The van der Waals surface area contributed by atoms with Crippen LogP contribution in [0, 0.1) is 0 Å². The highest BCUT2D eigenvalue weighted by atomic mass is 32.1. The van der Waals surface area contributed by atoms with E-state index < -0.39 is 0 Å². The van der Waals surface area contributed by atoms with Crippen molar-refractivity contribution in [3.8, 4) is 0 Å². The third kappa shape index (κ3) is 3.98. The number of hydrogen-bond acceptors (Lipinski definition) is 5. The first kappa shape index (κ1) is 16.3. The molecule has 1 atom stereocenters. The summed E-state index contributed by atoms with van der Waals surface area (Å²) in [4.78, 5) is 6.46. The van der Waals surface area contributed by atoms with Crippen LogP contribution in [0.25, 0.3) is 0 Å². The molecule has 0 amide bonds. The summed E-state index contributed by atoms with van der Waals surface area (Å²) in [5.41, 5.74) is 1.23. The van der Waals surface area contributed by atoms with Crippen LogP contribution in [0.5, 0.6) is 0 Å². The molecule has 1 aromatic heterocycles. The third-order valence-corrected chi connectivity index (χ3v) is 3.95. The highest BCUT2D eigenvalue weighted by molar-refractivity contribution is 7.78. The molecule has 1 aliphatic rings. The molecule has 21 heavy (non-hydrogen) atoms. The quantitative estimate of drug-likeness (QED) is 0.620. The Hall–Kier alpha value is -1.07. The summed E-state index contributed by atoms with van der Waals surface area (Å²) in [6.45, 7) is 10.4. The van der Waals surface area contributed by atoms with Gasteiger partial charge in [-0.25, -0.2) is 0 Å². The Morgan fingerprint density at radius 1 is 1.52 bits per heavy atom. The van der Waals surface area contributed by atoms with Crippen molar-refractivity contribution in [2.45, 2.75) is 38.6 Å². The van der Waals surface area contributed by atoms with Crippen molar-refractivity contribution in [3.63, 3.8) is 0 Å². The first-order valence-corrected chi connectivity index (χ1v) is 7.75. The van der Waals surface area contributed by atoms with Gasteiger partial charge in [0.1, 0.15) is 0 Å². The Labute approximate surface area is 132 Å². The minimum absolute atomic E-state index is 0.0299. The Kier molecular flexibility index (Phi) is 5.27. The molecule has 0 aliphatic carbocycles. The standard InChI is InChI=1S/C15H24N4OS/c1-15(2,3)13-9-14(16-11-21)17-19(13)12-5-6-18(10-12)7-8-20-4/h9,12H,5-8,10H2,1-4H3/t12-/m0/s1. The summed E-state index contributed by atoms with van der Waals surface area (Å²) < 4.78 is 7.30. The summed E-state index contributed by atoms with van der Waals surface area (Å²) in [6.07, 6.45) is 1.11. The molecule has 0 saturated carbocycles. The lowest BCUT2D eigenvalue weighted by atomic mass is 9.91. The van der Waals surface area contributed by atoms with Gasteiger partial charge in [-0.05, 0) is 18.6 Å². The third-order valence-electron chi connectivity index (χ3n) is 3.86. The van der Waals surface area contributed by atoms with Crippen LogP contribution < -0.4 is 0 Å². The maximum Gasteiger partial charge on any atom is 0.184 e. The van der Waals surface area contributed by atoms with Gasteiger partial charge in [-0.1, -0.05) is 20.8 Å². The van der Waals surface area contributed by atoms with E-state index in [-0.39, 0.29) is 5.41 Å². The molecule has 0 spiro atoms. The molecule has 0 N–H and O–H groups in total. The smallest absolute Gasteiger partial charge is 0.184 e. The molecule has 1 saturated heterocycles. The van der Waals surface area contributed by atoms with E-state index in [9.17, 15) is 0 Å². The van der Waals surface area contributed by atoms with E-state index in [0.717, 1.165) is 32.7 Å². The molecule has 5 nitrogen and oxygen atoms in total. The van der Waals surface area contributed by atoms with Crippen LogP contribution >= 0.6 is 12.2 Å². The van der Waals surface area contributed by atoms with Gasteiger partial charge < -0.3 is 4.74 Å². The molecule has 6 heteroatoms. The zero-order chi connectivity index (χ0) is 15.5. The van der Waals surface area contributed by atoms with Crippen LogP contribution in [-0.2, 0) is 10.2 Å². The van der Waals surface area contributed by atoms with Gasteiger partial charge in [0.15, 0.2) is 5.82 Å². The van der Waals surface area contributed by atoms with Crippen LogP contribution in [-0.4, -0.2) is 53.2 Å². The average Bonchev–Trinajstić information content (AvgIpc) is 3.02. The highest BCUT2D eigenvalue weighted by Crippen LogP contribution is 2.31. The number of aromatic nitrogens is 2. The Balaban J connectivity index is 2.21. The SMILES string of the molecule is COCCN1CC[C@H](n2nc(N=C=S)cc2C(C)(C)C)C1. The lowest BCUT2D eigenvalue weighted by Crippen LogP contribution is -2.27. The molecular weight excluding hydrogens is 284 g/mol. The highest BCUT2D eigenvalue weighted by Gasteiger charge is 2.29. The fourth-order valence-corrected chi connectivity index (χ4v) is 2.85. The second kappa shape index (κ2) is 6.79. The largest absolute Gasteiger partial charge is 0.383 e. The average molecular weight is 308 g/mol. The lowest BCUT2D eigenvalue weighted by Gasteiger charge is -2.23. The fourth-order valence-electron chi connectivity index (χ4n) is 2.76. The zero-order valence-electron chi connectivity index (χ0n) is 13.3. The maximum atomic E-state index is 5.16. The summed E-state index contributed by atoms with van der Waals surface area (Å²) >= 11 is 4.69. The van der Waals surface area contributed by atoms with Crippen LogP contribution in [0.2, 0.25) is 0 Å². The summed E-state index contributed by atoms with van der Waals surface area (Å²) in [7, 11) is 1.74. The molecule has 2 heterocycles. The number of ether oxygens (including phenoxy) is 1. The van der Waals surface area contributed by atoms with Crippen molar-refractivity contribution in [3.05, 3.63) is 11.8 Å². The van der Waals surface area contributed by atoms with Crippen molar-refractivity contribution >= 4 is 23.2 Å². The van der Waals surface area contributed by atoms with E-state index in [2.05, 4.69) is 45.6 Å². The number of nitrogens with zero attached hydrogens (tertiary/aromatic N) is 4. The molecule has 2 rings (SSSR count). The number of rotatable bonds is 5. The predicted molar refractivity (Wildman–Crippen MR) is 87.6 cm³/mol. The molecule has 0 radical (unpaired) electrons. The molecule has 116 valence electrons. The van der Waals surface area contributed by atoms with Crippen LogP contribution in [0.1, 0.15) is 38.9 Å². The van der Waals surface area contributed by atoms with E-state index in [1.807, 2.05) is 6.07 Å². The first-order chi connectivity index (χ1) is 9.95. The number of aliphatic imine (C=N–C) groups is 1. The maximum absolute atomic E-state index is 5.16. The van der Waals surface area contributed by atoms with E-state index in [1.165, 1.54) is 5.69 Å². The van der Waals surface area contributed by atoms with E-state index in [4.69, 9.17) is 17.0 Å². The van der Waals surface area contributed by atoms with Crippen molar-refractivity contribution in [2.75, 3.05) is 33.4 Å². The van der Waals surface area contributed by atoms with Crippen molar-refractivity contribution in [2.24, 2.45) is 4.99 Å².